The number of hydrogen-bond donors (Lipinski definition) is 3. The Morgan fingerprint density at radius 2 is 1.83 bits per heavy atom. The lowest BCUT2D eigenvalue weighted by atomic mass is 10.0. The Bertz CT molecular complexity index is 892. The van der Waals surface area contributed by atoms with Gasteiger partial charge in [0, 0.05) is 33.8 Å². The second-order valence-corrected chi connectivity index (χ2v) is 8.42. The van der Waals surface area contributed by atoms with Gasteiger partial charge in [0.05, 0.1) is 11.5 Å². The number of nitrogens with one attached hydrogen (secondary N) is 3. The molecule has 0 saturated carbocycles. The molecule has 7 nitrogen and oxygen atoms in total. The molecule has 2 rings (SSSR count). The van der Waals surface area contributed by atoms with Gasteiger partial charge in [0.15, 0.2) is 5.96 Å². The molecule has 30 heavy (non-hydrogen) atoms. The number of guanidine groups is 1. The van der Waals surface area contributed by atoms with Crippen molar-refractivity contribution in [1.82, 2.24) is 15.4 Å². The quantitative estimate of drug-likeness (QED) is 0.185. The van der Waals surface area contributed by atoms with Gasteiger partial charge in [-0.2, -0.15) is 0 Å². The van der Waals surface area contributed by atoms with E-state index in [1.54, 1.807) is 25.2 Å². The molecule has 0 fully saturated rings. The van der Waals surface area contributed by atoms with Crippen molar-refractivity contribution in [3.8, 4) is 0 Å². The molecule has 2 aromatic rings. The Kier molecular flexibility index (Phi) is 11.9. The van der Waals surface area contributed by atoms with Crippen LogP contribution in [-0.2, 0) is 21.3 Å². The summed E-state index contributed by atoms with van der Waals surface area (Å²) in [4.78, 5) is 4.47. The summed E-state index contributed by atoms with van der Waals surface area (Å²) in [7, 11) is -0.314. The summed E-state index contributed by atoms with van der Waals surface area (Å²) in [6, 6.07) is 17.1. The van der Waals surface area contributed by atoms with Gasteiger partial charge in [-0.05, 0) is 29.2 Å². The van der Waals surface area contributed by atoms with E-state index in [1.807, 2.05) is 24.3 Å². The molecular formula is C21H31IN4O3S. The molecule has 0 amide bonds. The third-order valence-corrected chi connectivity index (χ3v) is 5.89. The smallest absolute Gasteiger partial charge is 0.240 e. The van der Waals surface area contributed by atoms with Crippen LogP contribution in [0.25, 0.3) is 0 Å². The molecule has 0 aliphatic heterocycles. The van der Waals surface area contributed by atoms with Crippen molar-refractivity contribution < 1.29 is 13.2 Å². The summed E-state index contributed by atoms with van der Waals surface area (Å²) in [5.74, 6) is 1.00. The zero-order valence-corrected chi connectivity index (χ0v) is 20.7. The SMILES string of the molecule is CN=C(NCc1cccc(S(=O)(=O)NCCOC)c1)NCC(C)c1ccccc1.I. The Morgan fingerprint density at radius 1 is 1.10 bits per heavy atom. The summed E-state index contributed by atoms with van der Waals surface area (Å²) in [5.41, 5.74) is 2.10. The molecule has 0 radical (unpaired) electrons. The average molecular weight is 546 g/mol. The monoisotopic (exact) mass is 546 g/mol. The van der Waals surface area contributed by atoms with Crippen LogP contribution >= 0.6 is 24.0 Å². The first-order valence-corrected chi connectivity index (χ1v) is 11.0. The van der Waals surface area contributed by atoms with Crippen molar-refractivity contribution >= 4 is 40.0 Å². The van der Waals surface area contributed by atoms with Crippen LogP contribution in [0, 0.1) is 0 Å². The number of methoxy groups -OCH3 is 1. The Balaban J connectivity index is 0.00000450. The highest BCUT2D eigenvalue weighted by Crippen LogP contribution is 2.13. The molecule has 0 saturated heterocycles. The van der Waals surface area contributed by atoms with Crippen molar-refractivity contribution in [3.63, 3.8) is 0 Å². The van der Waals surface area contributed by atoms with Crippen LogP contribution in [0.3, 0.4) is 0 Å². The predicted octanol–water partition coefficient (Wildman–Crippen LogP) is 2.70. The second kappa shape index (κ2) is 13.6. The highest BCUT2D eigenvalue weighted by Gasteiger charge is 2.14. The number of benzene rings is 2. The largest absolute Gasteiger partial charge is 0.383 e. The molecule has 0 aliphatic carbocycles. The second-order valence-electron chi connectivity index (χ2n) is 6.66. The van der Waals surface area contributed by atoms with E-state index in [-0.39, 0.29) is 35.4 Å². The summed E-state index contributed by atoms with van der Waals surface area (Å²) in [6.45, 7) is 3.91. The minimum atomic E-state index is -3.55. The van der Waals surface area contributed by atoms with E-state index in [2.05, 4.69) is 39.4 Å². The van der Waals surface area contributed by atoms with E-state index < -0.39 is 10.0 Å². The first-order valence-electron chi connectivity index (χ1n) is 9.53. The minimum Gasteiger partial charge on any atom is -0.383 e. The molecule has 2 aromatic carbocycles. The van der Waals surface area contributed by atoms with E-state index in [1.165, 1.54) is 12.7 Å². The van der Waals surface area contributed by atoms with E-state index in [9.17, 15) is 8.42 Å². The van der Waals surface area contributed by atoms with Crippen molar-refractivity contribution in [1.29, 1.82) is 0 Å². The summed E-state index contributed by atoms with van der Waals surface area (Å²) >= 11 is 0. The molecule has 0 aliphatic rings. The van der Waals surface area contributed by atoms with E-state index in [4.69, 9.17) is 4.74 Å². The van der Waals surface area contributed by atoms with Crippen LogP contribution in [0.4, 0.5) is 0 Å². The highest BCUT2D eigenvalue weighted by molar-refractivity contribution is 14.0. The van der Waals surface area contributed by atoms with Crippen molar-refractivity contribution in [3.05, 3.63) is 65.7 Å². The lowest BCUT2D eigenvalue weighted by molar-refractivity contribution is 0.204. The lowest BCUT2D eigenvalue weighted by Gasteiger charge is -2.16. The molecule has 9 heteroatoms. The highest BCUT2D eigenvalue weighted by atomic mass is 127. The maximum absolute atomic E-state index is 12.3. The lowest BCUT2D eigenvalue weighted by Crippen LogP contribution is -2.38. The standard InChI is InChI=1S/C21H30N4O3S.HI/c1-17(19-9-5-4-6-10-19)15-23-21(22-2)24-16-18-8-7-11-20(14-18)29(26,27)25-12-13-28-3;/h4-11,14,17,25H,12-13,15-16H2,1-3H3,(H2,22,23,24);1H. The normalized spacial score (nSPS) is 12.7. The van der Waals surface area contributed by atoms with Crippen molar-refractivity contribution in [2.24, 2.45) is 4.99 Å². The average Bonchev–Trinajstić information content (AvgIpc) is 2.74. The Hall–Kier alpha value is -1.69. The summed E-state index contributed by atoms with van der Waals surface area (Å²) in [5, 5.41) is 6.54. The molecule has 166 valence electrons. The van der Waals surface area contributed by atoms with Gasteiger partial charge in [0.25, 0.3) is 0 Å². The van der Waals surface area contributed by atoms with Gasteiger partial charge >= 0.3 is 0 Å². The van der Waals surface area contributed by atoms with Gasteiger partial charge in [-0.15, -0.1) is 24.0 Å². The number of ether oxygens (including phenoxy) is 1. The van der Waals surface area contributed by atoms with Gasteiger partial charge in [-0.3, -0.25) is 4.99 Å². The van der Waals surface area contributed by atoms with Gasteiger partial charge in [0.1, 0.15) is 0 Å². The van der Waals surface area contributed by atoms with Gasteiger partial charge in [-0.1, -0.05) is 49.4 Å². The first kappa shape index (κ1) is 26.3. The third-order valence-electron chi connectivity index (χ3n) is 4.43. The minimum absolute atomic E-state index is 0. The maximum atomic E-state index is 12.3. The van der Waals surface area contributed by atoms with Crippen LogP contribution in [0.5, 0.6) is 0 Å². The summed E-state index contributed by atoms with van der Waals surface area (Å²) in [6.07, 6.45) is 0. The number of hydrogen-bond acceptors (Lipinski definition) is 4. The molecule has 3 N–H and O–H groups in total. The summed E-state index contributed by atoms with van der Waals surface area (Å²) < 4.78 is 32.1. The first-order chi connectivity index (χ1) is 14.0. The molecule has 0 aromatic heterocycles. The predicted molar refractivity (Wildman–Crippen MR) is 132 cm³/mol. The molecule has 1 atom stereocenters. The fourth-order valence-electron chi connectivity index (χ4n) is 2.74. The molecule has 0 bridgehead atoms. The van der Waals surface area contributed by atoms with Crippen molar-refractivity contribution in [2.45, 2.75) is 24.3 Å². The molecule has 0 spiro atoms. The maximum Gasteiger partial charge on any atom is 0.240 e. The Labute approximate surface area is 196 Å². The van der Waals surface area contributed by atoms with E-state index >= 15 is 0 Å². The van der Waals surface area contributed by atoms with Crippen LogP contribution in [0.15, 0.2) is 64.5 Å². The van der Waals surface area contributed by atoms with Crippen LogP contribution in [0.2, 0.25) is 0 Å². The Morgan fingerprint density at radius 3 is 2.50 bits per heavy atom. The van der Waals surface area contributed by atoms with E-state index in [0.29, 0.717) is 25.0 Å². The van der Waals surface area contributed by atoms with E-state index in [0.717, 1.165) is 12.1 Å². The van der Waals surface area contributed by atoms with Crippen LogP contribution in [-0.4, -0.2) is 48.2 Å². The number of sulfonamides is 1. The number of nitrogens with zero attached hydrogens (tertiary/aromatic N) is 1. The van der Waals surface area contributed by atoms with Gasteiger partial charge < -0.3 is 15.4 Å². The van der Waals surface area contributed by atoms with Gasteiger partial charge in [-0.25, -0.2) is 13.1 Å². The van der Waals surface area contributed by atoms with Crippen LogP contribution in [0.1, 0.15) is 24.0 Å². The van der Waals surface area contributed by atoms with Crippen LogP contribution < -0.4 is 15.4 Å². The molecule has 1 unspecified atom stereocenters. The molecule has 0 heterocycles. The zero-order chi connectivity index (χ0) is 21.1. The zero-order valence-electron chi connectivity index (χ0n) is 17.6. The van der Waals surface area contributed by atoms with Crippen molar-refractivity contribution in [2.75, 3.05) is 33.9 Å². The fraction of sp³-hybridized carbons (Fsp3) is 0.381. The number of aliphatic imine (C=N–C) groups is 1. The number of halogens is 1. The topological polar surface area (TPSA) is 91.8 Å². The fourth-order valence-corrected chi connectivity index (χ4v) is 3.82. The third kappa shape index (κ3) is 8.58. The van der Waals surface area contributed by atoms with Gasteiger partial charge in [0.2, 0.25) is 10.0 Å². The molecular weight excluding hydrogens is 515 g/mol. The number of rotatable bonds is 10.